The van der Waals surface area contributed by atoms with Crippen LogP contribution in [0.1, 0.15) is 24.5 Å². The summed E-state index contributed by atoms with van der Waals surface area (Å²) >= 11 is 0. The van der Waals surface area contributed by atoms with Crippen LogP contribution in [0.3, 0.4) is 0 Å². The Bertz CT molecular complexity index is 444. The lowest BCUT2D eigenvalue weighted by Gasteiger charge is -2.32. The van der Waals surface area contributed by atoms with Crippen LogP contribution in [-0.2, 0) is 11.3 Å². The molecule has 19 heavy (non-hydrogen) atoms. The molecule has 0 saturated carbocycles. The molecular weight excluding hydrogens is 238 g/mol. The number of morpholine rings is 1. The third kappa shape index (κ3) is 4.36. The van der Waals surface area contributed by atoms with Crippen molar-refractivity contribution in [3.05, 3.63) is 35.4 Å². The van der Waals surface area contributed by atoms with E-state index in [1.54, 1.807) is 0 Å². The normalized spacial score (nSPS) is 19.8. The molecule has 102 valence electrons. The van der Waals surface area contributed by atoms with E-state index in [1.807, 2.05) is 12.1 Å². The van der Waals surface area contributed by atoms with Crippen LogP contribution in [0.25, 0.3) is 0 Å². The highest BCUT2D eigenvalue weighted by Crippen LogP contribution is 2.12. The highest BCUT2D eigenvalue weighted by atomic mass is 16.5. The number of benzene rings is 1. The summed E-state index contributed by atoms with van der Waals surface area (Å²) in [5, 5.41) is 8.65. The molecule has 1 aliphatic rings. The summed E-state index contributed by atoms with van der Waals surface area (Å²) in [4.78, 5) is 2.44. The molecule has 1 aliphatic heterocycles. The zero-order valence-corrected chi connectivity index (χ0v) is 11.4. The molecule has 1 aromatic carbocycles. The smallest absolute Gasteiger partial charge is 0.104 e. The summed E-state index contributed by atoms with van der Waals surface area (Å²) < 4.78 is 5.67. The first-order valence-corrected chi connectivity index (χ1v) is 6.84. The quantitative estimate of drug-likeness (QED) is 0.838. The number of hydrogen-bond donors (Lipinski definition) is 1. The topological polar surface area (TPSA) is 32.7 Å². The Morgan fingerprint density at radius 2 is 2.16 bits per heavy atom. The number of aliphatic hydroxyl groups is 1. The maximum Gasteiger partial charge on any atom is 0.104 e. The Morgan fingerprint density at radius 3 is 2.84 bits per heavy atom. The van der Waals surface area contributed by atoms with Gasteiger partial charge >= 0.3 is 0 Å². The Balaban J connectivity index is 1.92. The minimum atomic E-state index is -0.0893. The molecule has 3 nitrogen and oxygen atoms in total. The van der Waals surface area contributed by atoms with Crippen molar-refractivity contribution in [3.8, 4) is 11.8 Å². The van der Waals surface area contributed by atoms with Crippen molar-refractivity contribution >= 4 is 0 Å². The summed E-state index contributed by atoms with van der Waals surface area (Å²) in [6, 6.07) is 8.24. The predicted octanol–water partition coefficient (Wildman–Crippen LogP) is 1.64. The van der Waals surface area contributed by atoms with E-state index in [9.17, 15) is 0 Å². The minimum absolute atomic E-state index is 0.0893. The van der Waals surface area contributed by atoms with Crippen molar-refractivity contribution in [2.24, 2.45) is 0 Å². The second kappa shape index (κ2) is 7.30. The van der Waals surface area contributed by atoms with Gasteiger partial charge in [-0.2, -0.15) is 0 Å². The zero-order valence-electron chi connectivity index (χ0n) is 11.4. The SMILES string of the molecule is CCC1CN(Cc2ccc(C#CCO)cc2)CCO1. The van der Waals surface area contributed by atoms with Gasteiger partial charge in [0.05, 0.1) is 12.7 Å². The number of ether oxygens (including phenoxy) is 1. The van der Waals surface area contributed by atoms with Gasteiger partial charge in [0, 0.05) is 25.2 Å². The monoisotopic (exact) mass is 259 g/mol. The van der Waals surface area contributed by atoms with Gasteiger partial charge in [-0.3, -0.25) is 4.90 Å². The van der Waals surface area contributed by atoms with Gasteiger partial charge in [0.25, 0.3) is 0 Å². The van der Waals surface area contributed by atoms with Crippen LogP contribution in [0, 0.1) is 11.8 Å². The first-order chi connectivity index (χ1) is 9.31. The first kappa shape index (κ1) is 14.1. The maximum absolute atomic E-state index is 8.65. The van der Waals surface area contributed by atoms with E-state index in [1.165, 1.54) is 5.56 Å². The first-order valence-electron chi connectivity index (χ1n) is 6.84. The zero-order chi connectivity index (χ0) is 13.5. The molecule has 1 saturated heterocycles. The van der Waals surface area contributed by atoms with Crippen molar-refractivity contribution in [1.29, 1.82) is 0 Å². The Hall–Kier alpha value is -1.34. The van der Waals surface area contributed by atoms with E-state index in [0.717, 1.165) is 38.2 Å². The van der Waals surface area contributed by atoms with Crippen LogP contribution in [0.4, 0.5) is 0 Å². The van der Waals surface area contributed by atoms with Gasteiger partial charge in [-0.1, -0.05) is 30.9 Å². The number of hydrogen-bond acceptors (Lipinski definition) is 3. The molecule has 0 aromatic heterocycles. The predicted molar refractivity (Wildman–Crippen MR) is 75.7 cm³/mol. The van der Waals surface area contributed by atoms with Crippen LogP contribution in [-0.4, -0.2) is 42.4 Å². The van der Waals surface area contributed by atoms with E-state index < -0.39 is 0 Å². The van der Waals surface area contributed by atoms with Crippen LogP contribution in [0.15, 0.2) is 24.3 Å². The van der Waals surface area contributed by atoms with E-state index >= 15 is 0 Å². The van der Waals surface area contributed by atoms with E-state index in [-0.39, 0.29) is 6.61 Å². The van der Waals surface area contributed by atoms with Gasteiger partial charge in [-0.25, -0.2) is 0 Å². The minimum Gasteiger partial charge on any atom is -0.384 e. The molecule has 0 amide bonds. The Morgan fingerprint density at radius 1 is 1.37 bits per heavy atom. The molecule has 0 aliphatic carbocycles. The number of nitrogens with zero attached hydrogens (tertiary/aromatic N) is 1. The third-order valence-corrected chi connectivity index (χ3v) is 3.35. The van der Waals surface area contributed by atoms with Crippen LogP contribution < -0.4 is 0 Å². The van der Waals surface area contributed by atoms with E-state index in [2.05, 4.69) is 35.8 Å². The van der Waals surface area contributed by atoms with Gasteiger partial charge in [-0.15, -0.1) is 0 Å². The van der Waals surface area contributed by atoms with Gasteiger partial charge in [-0.05, 0) is 24.1 Å². The maximum atomic E-state index is 8.65. The Kier molecular flexibility index (Phi) is 5.41. The van der Waals surface area contributed by atoms with Crippen molar-refractivity contribution in [2.45, 2.75) is 26.0 Å². The molecule has 1 heterocycles. The standard InChI is InChI=1S/C16H21NO2/c1-2-16-13-17(9-11-19-16)12-15-7-5-14(6-8-15)4-3-10-18/h5-8,16,18H,2,9-13H2,1H3. The third-order valence-electron chi connectivity index (χ3n) is 3.35. The second-order valence-corrected chi connectivity index (χ2v) is 4.79. The molecule has 1 fully saturated rings. The van der Waals surface area contributed by atoms with Crippen molar-refractivity contribution in [1.82, 2.24) is 4.90 Å². The van der Waals surface area contributed by atoms with Crippen molar-refractivity contribution in [3.63, 3.8) is 0 Å². The van der Waals surface area contributed by atoms with Gasteiger partial charge in [0.15, 0.2) is 0 Å². The highest BCUT2D eigenvalue weighted by Gasteiger charge is 2.18. The lowest BCUT2D eigenvalue weighted by atomic mass is 10.1. The molecule has 2 rings (SSSR count). The average Bonchev–Trinajstić information content (AvgIpc) is 2.47. The molecule has 3 heteroatoms. The molecule has 0 spiro atoms. The summed E-state index contributed by atoms with van der Waals surface area (Å²) in [6.45, 7) is 5.90. The summed E-state index contributed by atoms with van der Waals surface area (Å²) in [5.41, 5.74) is 2.25. The summed E-state index contributed by atoms with van der Waals surface area (Å²) in [7, 11) is 0. The van der Waals surface area contributed by atoms with E-state index in [0.29, 0.717) is 6.10 Å². The van der Waals surface area contributed by atoms with Crippen molar-refractivity contribution in [2.75, 3.05) is 26.3 Å². The fourth-order valence-electron chi connectivity index (χ4n) is 2.26. The highest BCUT2D eigenvalue weighted by molar-refractivity contribution is 5.36. The van der Waals surface area contributed by atoms with E-state index in [4.69, 9.17) is 9.84 Å². The fourth-order valence-corrected chi connectivity index (χ4v) is 2.26. The van der Waals surface area contributed by atoms with Crippen LogP contribution >= 0.6 is 0 Å². The van der Waals surface area contributed by atoms with Crippen LogP contribution in [0.2, 0.25) is 0 Å². The lowest BCUT2D eigenvalue weighted by molar-refractivity contribution is -0.0324. The van der Waals surface area contributed by atoms with Gasteiger partial charge in [0.1, 0.15) is 6.61 Å². The summed E-state index contributed by atoms with van der Waals surface area (Å²) in [6.07, 6.45) is 1.45. The largest absolute Gasteiger partial charge is 0.384 e. The van der Waals surface area contributed by atoms with Crippen molar-refractivity contribution < 1.29 is 9.84 Å². The van der Waals surface area contributed by atoms with Gasteiger partial charge < -0.3 is 9.84 Å². The molecule has 1 aromatic rings. The molecule has 0 bridgehead atoms. The average molecular weight is 259 g/mol. The fraction of sp³-hybridized carbons (Fsp3) is 0.500. The lowest BCUT2D eigenvalue weighted by Crippen LogP contribution is -2.41. The van der Waals surface area contributed by atoms with Crippen LogP contribution in [0.5, 0.6) is 0 Å². The number of aliphatic hydroxyl groups excluding tert-OH is 1. The molecular formula is C16H21NO2. The summed E-state index contributed by atoms with van der Waals surface area (Å²) in [5.74, 6) is 5.57. The molecule has 1 N–H and O–H groups in total. The molecule has 1 atom stereocenters. The Labute approximate surface area is 115 Å². The number of rotatable bonds is 3. The molecule has 1 unspecified atom stereocenters. The molecule has 0 radical (unpaired) electrons. The van der Waals surface area contributed by atoms with Gasteiger partial charge in [0.2, 0.25) is 0 Å². The second-order valence-electron chi connectivity index (χ2n) is 4.79.